The van der Waals surface area contributed by atoms with E-state index in [4.69, 9.17) is 28.9 Å². The number of nitrogen functional groups attached to an aromatic ring is 1. The number of likely N-dealkylation sites (N-methyl/N-ethyl adjacent to an activating group) is 1. The van der Waals surface area contributed by atoms with Crippen molar-refractivity contribution in [1.29, 1.82) is 0 Å². The lowest BCUT2D eigenvalue weighted by atomic mass is 9.99. The molecule has 1 aromatic heterocycles. The standard InChI is InChI=1S/C16H20FN3O.C2H4Cl2/c1-19-14(9-17)16(21)13-5-2-11(3-6-13)8-12-4-7-15(18)20-10-12;1-2(3)4/h2-7,10,14,16,19,21H,8-9H2,1H3,(H2,18,20);2H,1H3. The number of benzene rings is 1. The number of aliphatic hydroxyl groups is 1. The van der Waals surface area contributed by atoms with E-state index in [0.29, 0.717) is 11.4 Å². The lowest BCUT2D eigenvalue weighted by molar-refractivity contribution is 0.117. The van der Waals surface area contributed by atoms with Gasteiger partial charge in [-0.1, -0.05) is 30.3 Å². The second-order valence-electron chi connectivity index (χ2n) is 5.52. The van der Waals surface area contributed by atoms with Crippen molar-refractivity contribution in [2.75, 3.05) is 19.5 Å². The molecule has 2 atom stereocenters. The zero-order chi connectivity index (χ0) is 18.8. The van der Waals surface area contributed by atoms with Gasteiger partial charge in [-0.15, -0.1) is 23.2 Å². The van der Waals surface area contributed by atoms with E-state index in [-0.39, 0.29) is 4.84 Å². The van der Waals surface area contributed by atoms with Crippen molar-refractivity contribution in [2.24, 2.45) is 0 Å². The van der Waals surface area contributed by atoms with Gasteiger partial charge < -0.3 is 16.2 Å². The number of aliphatic hydroxyl groups excluding tert-OH is 1. The summed E-state index contributed by atoms with van der Waals surface area (Å²) in [4.78, 5) is 3.83. The number of anilines is 1. The maximum absolute atomic E-state index is 12.8. The van der Waals surface area contributed by atoms with Crippen LogP contribution in [0.3, 0.4) is 0 Å². The molecule has 0 fully saturated rings. The largest absolute Gasteiger partial charge is 0.387 e. The Morgan fingerprint density at radius 1 is 1.16 bits per heavy atom. The van der Waals surface area contributed by atoms with Crippen LogP contribution in [0, 0.1) is 0 Å². The van der Waals surface area contributed by atoms with E-state index in [9.17, 15) is 9.50 Å². The summed E-state index contributed by atoms with van der Waals surface area (Å²) in [6.45, 7) is 1.08. The van der Waals surface area contributed by atoms with Gasteiger partial charge in [0.2, 0.25) is 0 Å². The third kappa shape index (κ3) is 8.01. The number of rotatable bonds is 6. The Bertz CT molecular complexity index is 602. The predicted molar refractivity (Wildman–Crippen MR) is 103 cm³/mol. The van der Waals surface area contributed by atoms with Crippen molar-refractivity contribution in [2.45, 2.75) is 30.3 Å². The van der Waals surface area contributed by atoms with Crippen molar-refractivity contribution < 1.29 is 9.50 Å². The molecule has 0 aliphatic rings. The minimum Gasteiger partial charge on any atom is -0.387 e. The van der Waals surface area contributed by atoms with Crippen molar-refractivity contribution in [3.63, 3.8) is 0 Å². The van der Waals surface area contributed by atoms with Crippen LogP contribution in [0.15, 0.2) is 42.6 Å². The number of nitrogens with one attached hydrogen (secondary N) is 1. The molecule has 0 aliphatic heterocycles. The van der Waals surface area contributed by atoms with E-state index < -0.39 is 18.8 Å². The van der Waals surface area contributed by atoms with E-state index in [1.807, 2.05) is 30.3 Å². The first kappa shape index (κ1) is 21.6. The van der Waals surface area contributed by atoms with Crippen molar-refractivity contribution in [3.05, 3.63) is 59.3 Å². The second-order valence-corrected chi connectivity index (χ2v) is 7.06. The lowest BCUT2D eigenvalue weighted by Gasteiger charge is -2.20. The number of alkyl halides is 3. The monoisotopic (exact) mass is 387 g/mol. The van der Waals surface area contributed by atoms with Crippen LogP contribution in [0.25, 0.3) is 0 Å². The van der Waals surface area contributed by atoms with E-state index in [1.165, 1.54) is 0 Å². The molecule has 138 valence electrons. The van der Waals surface area contributed by atoms with E-state index >= 15 is 0 Å². The number of hydrogen-bond donors (Lipinski definition) is 3. The summed E-state index contributed by atoms with van der Waals surface area (Å²) in [6.07, 6.45) is 1.63. The number of aromatic nitrogens is 1. The van der Waals surface area contributed by atoms with Gasteiger partial charge >= 0.3 is 0 Å². The molecule has 0 saturated carbocycles. The zero-order valence-electron chi connectivity index (χ0n) is 14.3. The third-order valence-corrected chi connectivity index (χ3v) is 3.50. The minimum absolute atomic E-state index is 0.222. The molecule has 1 aromatic carbocycles. The number of nitrogens with two attached hydrogens (primary N) is 1. The maximum Gasteiger partial charge on any atom is 0.123 e. The summed E-state index contributed by atoms with van der Waals surface area (Å²) >= 11 is 10.1. The van der Waals surface area contributed by atoms with Gasteiger partial charge in [0.1, 0.15) is 17.3 Å². The summed E-state index contributed by atoms with van der Waals surface area (Å²) in [6, 6.07) is 10.6. The quantitative estimate of drug-likeness (QED) is 0.661. The van der Waals surface area contributed by atoms with Crippen LogP contribution < -0.4 is 11.1 Å². The Balaban J connectivity index is 0.000000705. The van der Waals surface area contributed by atoms with Crippen LogP contribution in [-0.4, -0.2) is 34.7 Å². The fourth-order valence-corrected chi connectivity index (χ4v) is 2.16. The highest BCUT2D eigenvalue weighted by molar-refractivity contribution is 6.43. The predicted octanol–water partition coefficient (Wildman–Crippen LogP) is 3.66. The highest BCUT2D eigenvalue weighted by Gasteiger charge is 2.18. The SMILES string of the molecule is CC(Cl)Cl.CNC(CF)C(O)c1ccc(Cc2ccc(N)nc2)cc1. The molecule has 7 heteroatoms. The first-order valence-electron chi connectivity index (χ1n) is 7.86. The number of hydrogen-bond acceptors (Lipinski definition) is 4. The van der Waals surface area contributed by atoms with Gasteiger partial charge in [0.25, 0.3) is 0 Å². The summed E-state index contributed by atoms with van der Waals surface area (Å²) in [5.41, 5.74) is 8.41. The molecule has 25 heavy (non-hydrogen) atoms. The van der Waals surface area contributed by atoms with Gasteiger partial charge in [-0.2, -0.15) is 0 Å². The number of pyridine rings is 1. The molecule has 0 spiro atoms. The first-order valence-corrected chi connectivity index (χ1v) is 8.73. The van der Waals surface area contributed by atoms with Crippen LogP contribution in [0.5, 0.6) is 0 Å². The highest BCUT2D eigenvalue weighted by atomic mass is 35.5. The first-order chi connectivity index (χ1) is 11.9. The molecular weight excluding hydrogens is 364 g/mol. The topological polar surface area (TPSA) is 71.2 Å². The van der Waals surface area contributed by atoms with Crippen LogP contribution in [0.1, 0.15) is 29.7 Å². The molecule has 2 rings (SSSR count). The zero-order valence-corrected chi connectivity index (χ0v) is 15.8. The van der Waals surface area contributed by atoms with Gasteiger partial charge in [-0.25, -0.2) is 9.37 Å². The maximum atomic E-state index is 12.8. The minimum atomic E-state index is -0.854. The molecule has 2 unspecified atom stereocenters. The van der Waals surface area contributed by atoms with Gasteiger partial charge in [0.05, 0.1) is 12.1 Å². The second kappa shape index (κ2) is 11.3. The Morgan fingerprint density at radius 2 is 1.72 bits per heavy atom. The molecule has 0 aliphatic carbocycles. The molecule has 0 amide bonds. The van der Waals surface area contributed by atoms with Crippen LogP contribution >= 0.6 is 23.2 Å². The van der Waals surface area contributed by atoms with E-state index in [1.54, 1.807) is 26.2 Å². The molecule has 0 saturated heterocycles. The lowest BCUT2D eigenvalue weighted by Crippen LogP contribution is -2.33. The summed E-state index contributed by atoms with van der Waals surface area (Å²) in [5.74, 6) is 0.501. The summed E-state index contributed by atoms with van der Waals surface area (Å²) in [5, 5.41) is 12.8. The van der Waals surface area contributed by atoms with Gasteiger partial charge in [0, 0.05) is 6.20 Å². The molecule has 4 N–H and O–H groups in total. The average molecular weight is 388 g/mol. The van der Waals surface area contributed by atoms with E-state index in [0.717, 1.165) is 17.5 Å². The molecule has 0 bridgehead atoms. The van der Waals surface area contributed by atoms with Crippen LogP contribution in [0.4, 0.5) is 10.2 Å². The summed E-state index contributed by atoms with van der Waals surface area (Å²) < 4.78 is 12.8. The highest BCUT2D eigenvalue weighted by Crippen LogP contribution is 2.19. The van der Waals surface area contributed by atoms with Gasteiger partial charge in [-0.05, 0) is 43.1 Å². The third-order valence-electron chi connectivity index (χ3n) is 3.50. The molecular formula is C18H24Cl2FN3O. The van der Waals surface area contributed by atoms with Gasteiger partial charge in [0.15, 0.2) is 0 Å². The molecule has 2 aromatic rings. The Morgan fingerprint density at radius 3 is 2.16 bits per heavy atom. The fourth-order valence-electron chi connectivity index (χ4n) is 2.16. The Labute approximate surface area is 158 Å². The molecule has 4 nitrogen and oxygen atoms in total. The van der Waals surface area contributed by atoms with Crippen LogP contribution in [-0.2, 0) is 6.42 Å². The Hall–Kier alpha value is -1.40. The molecule has 1 heterocycles. The fraction of sp³-hybridized carbons (Fsp3) is 0.389. The molecule has 0 radical (unpaired) electrons. The van der Waals surface area contributed by atoms with Crippen molar-refractivity contribution in [3.8, 4) is 0 Å². The average Bonchev–Trinajstić information content (AvgIpc) is 2.58. The smallest absolute Gasteiger partial charge is 0.123 e. The number of nitrogens with zero attached hydrogens (tertiary/aromatic N) is 1. The Kier molecular flexibility index (Phi) is 9.75. The van der Waals surface area contributed by atoms with Gasteiger partial charge in [-0.3, -0.25) is 0 Å². The van der Waals surface area contributed by atoms with Crippen molar-refractivity contribution in [1.82, 2.24) is 10.3 Å². The number of halogens is 3. The normalized spacial score (nSPS) is 13.1. The van der Waals surface area contributed by atoms with Crippen molar-refractivity contribution >= 4 is 29.0 Å². The summed E-state index contributed by atoms with van der Waals surface area (Å²) in [7, 11) is 1.63. The van der Waals surface area contributed by atoms with Crippen LogP contribution in [0.2, 0.25) is 0 Å². The van der Waals surface area contributed by atoms with E-state index in [2.05, 4.69) is 10.3 Å².